The van der Waals surface area contributed by atoms with E-state index in [0.29, 0.717) is 11.7 Å². The van der Waals surface area contributed by atoms with Gasteiger partial charge in [-0.1, -0.05) is 0 Å². The first-order valence-electron chi connectivity index (χ1n) is 7.21. The van der Waals surface area contributed by atoms with Crippen molar-refractivity contribution in [3.63, 3.8) is 0 Å². The molecular formula is C14H22N6S. The lowest BCUT2D eigenvalue weighted by atomic mass is 10.2. The number of hydrogen-bond donors (Lipinski definition) is 2. The summed E-state index contributed by atoms with van der Waals surface area (Å²) in [7, 11) is 0. The molecular weight excluding hydrogens is 284 g/mol. The Hall–Kier alpha value is -1.89. The van der Waals surface area contributed by atoms with Crippen molar-refractivity contribution in [1.82, 2.24) is 30.2 Å². The number of hydrogen-bond acceptors (Lipinski definition) is 3. The summed E-state index contributed by atoms with van der Waals surface area (Å²) in [5.41, 5.74) is 2.10. The third-order valence-electron chi connectivity index (χ3n) is 3.24. The molecule has 0 radical (unpaired) electrons. The van der Waals surface area contributed by atoms with E-state index in [1.807, 2.05) is 40.9 Å². The molecule has 7 heteroatoms. The molecule has 0 fully saturated rings. The topological polar surface area (TPSA) is 59.7 Å². The van der Waals surface area contributed by atoms with Crippen molar-refractivity contribution < 1.29 is 0 Å². The van der Waals surface area contributed by atoms with Crippen molar-refractivity contribution in [2.45, 2.75) is 46.4 Å². The molecule has 1 unspecified atom stereocenters. The van der Waals surface area contributed by atoms with Crippen LogP contribution in [0.3, 0.4) is 0 Å². The number of aromatic nitrogens is 4. The Bertz CT molecular complexity index is 588. The highest BCUT2D eigenvalue weighted by Crippen LogP contribution is 2.08. The van der Waals surface area contributed by atoms with Gasteiger partial charge in [0.15, 0.2) is 5.11 Å². The monoisotopic (exact) mass is 306 g/mol. The summed E-state index contributed by atoms with van der Waals surface area (Å²) in [4.78, 5) is 0. The van der Waals surface area contributed by atoms with Gasteiger partial charge in [-0.3, -0.25) is 9.36 Å². The second-order valence-electron chi connectivity index (χ2n) is 4.85. The summed E-state index contributed by atoms with van der Waals surface area (Å²) in [6.07, 6.45) is 5.84. The van der Waals surface area contributed by atoms with Gasteiger partial charge in [0, 0.05) is 37.6 Å². The fourth-order valence-corrected chi connectivity index (χ4v) is 2.21. The molecule has 114 valence electrons. The third-order valence-corrected chi connectivity index (χ3v) is 3.50. The molecule has 0 bridgehead atoms. The van der Waals surface area contributed by atoms with Gasteiger partial charge >= 0.3 is 0 Å². The summed E-state index contributed by atoms with van der Waals surface area (Å²) in [5, 5.41) is 15.8. The van der Waals surface area contributed by atoms with E-state index in [0.717, 1.165) is 24.3 Å². The molecule has 0 spiro atoms. The van der Waals surface area contributed by atoms with Crippen LogP contribution in [-0.4, -0.2) is 24.7 Å². The highest BCUT2D eigenvalue weighted by Gasteiger charge is 2.10. The molecule has 2 rings (SSSR count). The first-order chi connectivity index (χ1) is 10.1. The van der Waals surface area contributed by atoms with Crippen molar-refractivity contribution in [2.24, 2.45) is 0 Å². The number of nitrogens with one attached hydrogen (secondary N) is 2. The predicted octanol–water partition coefficient (Wildman–Crippen LogP) is 1.84. The Labute approximate surface area is 130 Å². The highest BCUT2D eigenvalue weighted by atomic mass is 32.1. The minimum absolute atomic E-state index is 0.0798. The van der Waals surface area contributed by atoms with Crippen molar-refractivity contribution in [3.05, 3.63) is 35.9 Å². The molecule has 2 heterocycles. The summed E-state index contributed by atoms with van der Waals surface area (Å²) in [6.45, 7) is 8.59. The van der Waals surface area contributed by atoms with Gasteiger partial charge in [-0.2, -0.15) is 10.2 Å². The zero-order valence-corrected chi connectivity index (χ0v) is 13.5. The molecule has 0 aliphatic rings. The van der Waals surface area contributed by atoms with Crippen LogP contribution in [0.5, 0.6) is 0 Å². The second kappa shape index (κ2) is 7.21. The van der Waals surface area contributed by atoms with Crippen molar-refractivity contribution >= 4 is 17.3 Å². The molecule has 0 saturated heterocycles. The third kappa shape index (κ3) is 4.29. The van der Waals surface area contributed by atoms with Gasteiger partial charge in [-0.25, -0.2) is 0 Å². The quantitative estimate of drug-likeness (QED) is 0.798. The maximum atomic E-state index is 5.32. The molecule has 2 N–H and O–H groups in total. The van der Waals surface area contributed by atoms with Crippen LogP contribution in [0.15, 0.2) is 24.7 Å². The van der Waals surface area contributed by atoms with Crippen molar-refractivity contribution in [1.29, 1.82) is 0 Å². The van der Waals surface area contributed by atoms with E-state index in [-0.39, 0.29) is 6.04 Å². The van der Waals surface area contributed by atoms with E-state index in [4.69, 9.17) is 12.2 Å². The number of rotatable bonds is 6. The Kier molecular flexibility index (Phi) is 5.32. The molecule has 0 amide bonds. The largest absolute Gasteiger partial charge is 0.359 e. The van der Waals surface area contributed by atoms with Crippen LogP contribution in [0.1, 0.15) is 38.1 Å². The minimum Gasteiger partial charge on any atom is -0.359 e. The maximum absolute atomic E-state index is 5.32. The first-order valence-corrected chi connectivity index (χ1v) is 7.62. The van der Waals surface area contributed by atoms with Gasteiger partial charge in [0.2, 0.25) is 0 Å². The van der Waals surface area contributed by atoms with Gasteiger partial charge in [0.1, 0.15) is 0 Å². The summed E-state index contributed by atoms with van der Waals surface area (Å²) in [5.74, 6) is 0. The fraction of sp³-hybridized carbons (Fsp3) is 0.500. The van der Waals surface area contributed by atoms with Crippen LogP contribution in [0, 0.1) is 0 Å². The molecule has 0 aliphatic heterocycles. The maximum Gasteiger partial charge on any atom is 0.167 e. The van der Waals surface area contributed by atoms with Gasteiger partial charge in [0.05, 0.1) is 17.9 Å². The molecule has 0 aromatic carbocycles. The molecule has 0 saturated carbocycles. The molecule has 0 aliphatic carbocycles. The van der Waals surface area contributed by atoms with E-state index < -0.39 is 0 Å². The van der Waals surface area contributed by atoms with E-state index in [2.05, 4.69) is 34.7 Å². The highest BCUT2D eigenvalue weighted by molar-refractivity contribution is 7.80. The van der Waals surface area contributed by atoms with Crippen molar-refractivity contribution in [2.75, 3.05) is 0 Å². The van der Waals surface area contributed by atoms with Crippen LogP contribution in [0.25, 0.3) is 0 Å². The standard InChI is InChI=1S/C14H22N6S/c1-4-19-7-6-13(18-19)11(3)17-14(21)15-8-12-9-16-20(5-2)10-12/h6-7,9-11H,4-5,8H2,1-3H3,(H2,15,17,21). The lowest BCUT2D eigenvalue weighted by Crippen LogP contribution is -2.36. The summed E-state index contributed by atoms with van der Waals surface area (Å²) < 4.78 is 3.80. The number of thiocarbonyl (C=S) groups is 1. The minimum atomic E-state index is 0.0798. The molecule has 6 nitrogen and oxygen atoms in total. The number of aryl methyl sites for hydroxylation is 2. The first kappa shape index (κ1) is 15.5. The van der Waals surface area contributed by atoms with E-state index in [1.54, 1.807) is 0 Å². The van der Waals surface area contributed by atoms with E-state index >= 15 is 0 Å². The zero-order chi connectivity index (χ0) is 15.2. The van der Waals surface area contributed by atoms with Crippen LogP contribution in [0.4, 0.5) is 0 Å². The normalized spacial score (nSPS) is 12.1. The van der Waals surface area contributed by atoms with Gasteiger partial charge in [-0.15, -0.1) is 0 Å². The molecule has 1 atom stereocenters. The zero-order valence-electron chi connectivity index (χ0n) is 12.7. The van der Waals surface area contributed by atoms with E-state index in [9.17, 15) is 0 Å². The fourth-order valence-electron chi connectivity index (χ4n) is 1.96. The SMILES string of the molecule is CCn1cc(CNC(=S)NC(C)c2ccn(CC)n2)cn1. The smallest absolute Gasteiger partial charge is 0.167 e. The summed E-state index contributed by atoms with van der Waals surface area (Å²) >= 11 is 5.32. The molecule has 21 heavy (non-hydrogen) atoms. The average Bonchev–Trinajstić information content (AvgIpc) is 3.13. The van der Waals surface area contributed by atoms with Crippen LogP contribution >= 0.6 is 12.2 Å². The van der Waals surface area contributed by atoms with Crippen LogP contribution < -0.4 is 10.6 Å². The second-order valence-corrected chi connectivity index (χ2v) is 5.26. The predicted molar refractivity (Wildman–Crippen MR) is 86.8 cm³/mol. The van der Waals surface area contributed by atoms with E-state index in [1.165, 1.54) is 0 Å². The van der Waals surface area contributed by atoms with Crippen molar-refractivity contribution in [3.8, 4) is 0 Å². The Balaban J connectivity index is 1.80. The van der Waals surface area contributed by atoms with Gasteiger partial charge in [0.25, 0.3) is 0 Å². The Morgan fingerprint density at radius 3 is 2.71 bits per heavy atom. The number of nitrogens with zero attached hydrogens (tertiary/aromatic N) is 4. The Morgan fingerprint density at radius 2 is 2.10 bits per heavy atom. The molecule has 2 aromatic rings. The van der Waals surface area contributed by atoms with Crippen LogP contribution in [0.2, 0.25) is 0 Å². The molecule has 2 aromatic heterocycles. The lowest BCUT2D eigenvalue weighted by molar-refractivity contribution is 0.609. The lowest BCUT2D eigenvalue weighted by Gasteiger charge is -2.15. The average molecular weight is 306 g/mol. The Morgan fingerprint density at radius 1 is 1.33 bits per heavy atom. The van der Waals surface area contributed by atoms with Gasteiger partial charge < -0.3 is 10.6 Å². The summed E-state index contributed by atoms with van der Waals surface area (Å²) in [6, 6.07) is 2.09. The van der Waals surface area contributed by atoms with Gasteiger partial charge in [-0.05, 0) is 39.1 Å². The van der Waals surface area contributed by atoms with Crippen LogP contribution in [-0.2, 0) is 19.6 Å².